The van der Waals surface area contributed by atoms with Crippen molar-refractivity contribution in [2.75, 3.05) is 6.61 Å². The Balaban J connectivity index is 1.85. The molecule has 8 heteroatoms. The summed E-state index contributed by atoms with van der Waals surface area (Å²) in [4.78, 5) is 20.3. The Morgan fingerprint density at radius 1 is 1.29 bits per heavy atom. The lowest BCUT2D eigenvalue weighted by Gasteiger charge is -2.09. The molecule has 7 nitrogen and oxygen atoms in total. The molecule has 0 aliphatic heterocycles. The zero-order valence-electron chi connectivity index (χ0n) is 13.4. The number of carbonyl (C=O) groups excluding carboxylic acids is 1. The molecule has 0 aliphatic carbocycles. The van der Waals surface area contributed by atoms with E-state index in [1.54, 1.807) is 18.5 Å². The third-order valence-corrected chi connectivity index (χ3v) is 4.42. The van der Waals surface area contributed by atoms with Gasteiger partial charge in [-0.2, -0.15) is 0 Å². The highest BCUT2D eigenvalue weighted by Crippen LogP contribution is 2.27. The van der Waals surface area contributed by atoms with Crippen LogP contribution in [0.1, 0.15) is 19.4 Å². The predicted molar refractivity (Wildman–Crippen MR) is 90.6 cm³/mol. The molecule has 1 unspecified atom stereocenters. The number of rotatable bonds is 6. The maximum absolute atomic E-state index is 11.8. The summed E-state index contributed by atoms with van der Waals surface area (Å²) in [5, 5.41) is 8.61. The summed E-state index contributed by atoms with van der Waals surface area (Å²) in [5.41, 5.74) is 2.35. The first-order valence-electron chi connectivity index (χ1n) is 7.60. The summed E-state index contributed by atoms with van der Waals surface area (Å²) in [6.07, 6.45) is 1.47. The van der Waals surface area contributed by atoms with Gasteiger partial charge in [0.25, 0.3) is 0 Å². The highest BCUT2D eigenvalue weighted by atomic mass is 32.2. The van der Waals surface area contributed by atoms with Crippen LogP contribution in [0.15, 0.2) is 41.7 Å². The molecule has 0 amide bonds. The number of aromatic nitrogens is 5. The van der Waals surface area contributed by atoms with Crippen LogP contribution >= 0.6 is 11.8 Å². The second kappa shape index (κ2) is 7.39. The van der Waals surface area contributed by atoms with E-state index in [-0.39, 0.29) is 11.2 Å². The number of fused-ring (bicyclic) bond motifs is 1. The fraction of sp³-hybridized carbons (Fsp3) is 0.312. The highest BCUT2D eigenvalue weighted by molar-refractivity contribution is 8.00. The van der Waals surface area contributed by atoms with E-state index in [0.717, 1.165) is 5.56 Å². The van der Waals surface area contributed by atoms with E-state index in [2.05, 4.69) is 20.3 Å². The van der Waals surface area contributed by atoms with Crippen LogP contribution in [-0.4, -0.2) is 42.8 Å². The standard InChI is InChI=1S/C16H17N5O2S/c1-3-23-16(22)11(2)24-15-13-14(17-10-18-15)21(20-19-13)9-12-7-5-4-6-8-12/h4-8,10-11H,3,9H2,1-2H3. The molecular weight excluding hydrogens is 326 g/mol. The number of hydrogen-bond acceptors (Lipinski definition) is 7. The van der Waals surface area contributed by atoms with Crippen molar-refractivity contribution in [3.8, 4) is 0 Å². The second-order valence-electron chi connectivity index (χ2n) is 5.10. The lowest BCUT2D eigenvalue weighted by molar-refractivity contribution is -0.142. The first-order valence-corrected chi connectivity index (χ1v) is 8.48. The molecule has 0 radical (unpaired) electrons. The molecule has 1 aromatic carbocycles. The van der Waals surface area contributed by atoms with E-state index in [1.807, 2.05) is 30.3 Å². The molecule has 2 aromatic heterocycles. The van der Waals surface area contributed by atoms with E-state index in [1.165, 1.54) is 18.1 Å². The Bertz CT molecular complexity index is 837. The van der Waals surface area contributed by atoms with Crippen LogP contribution in [0.3, 0.4) is 0 Å². The topological polar surface area (TPSA) is 82.8 Å². The van der Waals surface area contributed by atoms with Crippen molar-refractivity contribution in [1.82, 2.24) is 25.0 Å². The van der Waals surface area contributed by atoms with Crippen molar-refractivity contribution in [3.63, 3.8) is 0 Å². The number of hydrogen-bond donors (Lipinski definition) is 0. The van der Waals surface area contributed by atoms with Gasteiger partial charge in [0.1, 0.15) is 16.6 Å². The molecular formula is C16H17N5O2S. The normalized spacial score (nSPS) is 12.2. The van der Waals surface area contributed by atoms with Crippen LogP contribution < -0.4 is 0 Å². The van der Waals surface area contributed by atoms with Gasteiger partial charge in [0.05, 0.1) is 13.2 Å². The molecule has 0 aliphatic rings. The summed E-state index contributed by atoms with van der Waals surface area (Å²) in [7, 11) is 0. The van der Waals surface area contributed by atoms with E-state index in [0.29, 0.717) is 29.3 Å². The van der Waals surface area contributed by atoms with Gasteiger partial charge < -0.3 is 4.74 Å². The first kappa shape index (κ1) is 16.4. The number of thioether (sulfide) groups is 1. The predicted octanol–water partition coefficient (Wildman–Crippen LogP) is 2.31. The van der Waals surface area contributed by atoms with Crippen molar-refractivity contribution >= 4 is 28.9 Å². The van der Waals surface area contributed by atoms with Gasteiger partial charge in [-0.1, -0.05) is 47.3 Å². The fourth-order valence-electron chi connectivity index (χ4n) is 2.20. The fourth-order valence-corrected chi connectivity index (χ4v) is 3.05. The Hall–Kier alpha value is -2.48. The van der Waals surface area contributed by atoms with Crippen LogP contribution in [0.5, 0.6) is 0 Å². The Morgan fingerprint density at radius 2 is 2.08 bits per heavy atom. The summed E-state index contributed by atoms with van der Waals surface area (Å²) < 4.78 is 6.76. The van der Waals surface area contributed by atoms with Gasteiger partial charge in [-0.3, -0.25) is 4.79 Å². The number of carbonyl (C=O) groups is 1. The largest absolute Gasteiger partial charge is 0.465 e. The third-order valence-electron chi connectivity index (χ3n) is 3.35. The van der Waals surface area contributed by atoms with Crippen molar-refractivity contribution in [2.24, 2.45) is 0 Å². The lowest BCUT2D eigenvalue weighted by atomic mass is 10.2. The zero-order chi connectivity index (χ0) is 16.9. The van der Waals surface area contributed by atoms with Crippen LogP contribution in [0.2, 0.25) is 0 Å². The highest BCUT2D eigenvalue weighted by Gasteiger charge is 2.20. The Morgan fingerprint density at radius 3 is 2.83 bits per heavy atom. The van der Waals surface area contributed by atoms with Gasteiger partial charge in [-0.05, 0) is 19.4 Å². The average Bonchev–Trinajstić information content (AvgIpc) is 3.00. The first-order chi connectivity index (χ1) is 11.7. The second-order valence-corrected chi connectivity index (χ2v) is 6.43. The smallest absolute Gasteiger partial charge is 0.319 e. The summed E-state index contributed by atoms with van der Waals surface area (Å²) in [6, 6.07) is 9.97. The van der Waals surface area contributed by atoms with E-state index in [9.17, 15) is 4.79 Å². The summed E-state index contributed by atoms with van der Waals surface area (Å²) in [5.74, 6) is -0.272. The molecule has 0 saturated carbocycles. The molecule has 0 bridgehead atoms. The van der Waals surface area contributed by atoms with Crippen molar-refractivity contribution < 1.29 is 9.53 Å². The van der Waals surface area contributed by atoms with Crippen LogP contribution in [0.4, 0.5) is 0 Å². The minimum atomic E-state index is -0.373. The monoisotopic (exact) mass is 343 g/mol. The van der Waals surface area contributed by atoms with Crippen LogP contribution in [-0.2, 0) is 16.1 Å². The third kappa shape index (κ3) is 3.53. The quantitative estimate of drug-likeness (QED) is 0.386. The molecule has 124 valence electrons. The molecule has 3 aromatic rings. The van der Waals surface area contributed by atoms with E-state index < -0.39 is 0 Å². The Kier molecular flexibility index (Phi) is 5.05. The number of benzene rings is 1. The maximum Gasteiger partial charge on any atom is 0.319 e. The number of esters is 1. The Labute approximate surface area is 143 Å². The maximum atomic E-state index is 11.8. The van der Waals surface area contributed by atoms with Gasteiger partial charge >= 0.3 is 5.97 Å². The molecule has 24 heavy (non-hydrogen) atoms. The molecule has 2 heterocycles. The van der Waals surface area contributed by atoms with E-state index in [4.69, 9.17) is 4.74 Å². The average molecular weight is 343 g/mol. The van der Waals surface area contributed by atoms with Crippen LogP contribution in [0, 0.1) is 0 Å². The number of ether oxygens (including phenoxy) is 1. The van der Waals surface area contributed by atoms with Crippen molar-refractivity contribution in [1.29, 1.82) is 0 Å². The zero-order valence-corrected chi connectivity index (χ0v) is 14.2. The van der Waals surface area contributed by atoms with Crippen LogP contribution in [0.25, 0.3) is 11.2 Å². The lowest BCUT2D eigenvalue weighted by Crippen LogP contribution is -2.16. The minimum absolute atomic E-state index is 0.272. The molecule has 3 rings (SSSR count). The minimum Gasteiger partial charge on any atom is -0.465 e. The van der Waals surface area contributed by atoms with Gasteiger partial charge in [0.15, 0.2) is 11.2 Å². The van der Waals surface area contributed by atoms with E-state index >= 15 is 0 Å². The molecule has 0 spiro atoms. The molecule has 0 fully saturated rings. The number of nitrogens with zero attached hydrogens (tertiary/aromatic N) is 5. The van der Waals surface area contributed by atoms with Gasteiger partial charge in [0.2, 0.25) is 0 Å². The molecule has 0 N–H and O–H groups in total. The molecule has 1 atom stereocenters. The van der Waals surface area contributed by atoms with Crippen molar-refractivity contribution in [3.05, 3.63) is 42.2 Å². The SMILES string of the molecule is CCOC(=O)C(C)Sc1ncnc2c1nnn2Cc1ccccc1. The molecule has 0 saturated heterocycles. The van der Waals surface area contributed by atoms with Gasteiger partial charge in [0, 0.05) is 0 Å². The van der Waals surface area contributed by atoms with Gasteiger partial charge in [-0.25, -0.2) is 14.6 Å². The van der Waals surface area contributed by atoms with Crippen molar-refractivity contribution in [2.45, 2.75) is 30.7 Å². The summed E-state index contributed by atoms with van der Waals surface area (Å²) in [6.45, 7) is 4.50. The summed E-state index contributed by atoms with van der Waals surface area (Å²) >= 11 is 1.30. The van der Waals surface area contributed by atoms with Gasteiger partial charge in [-0.15, -0.1) is 5.10 Å².